The summed E-state index contributed by atoms with van der Waals surface area (Å²) in [5.74, 6) is 0.0133. The Morgan fingerprint density at radius 3 is 2.89 bits per heavy atom. The van der Waals surface area contributed by atoms with Gasteiger partial charge in [-0.1, -0.05) is 24.3 Å². The second-order valence-corrected chi connectivity index (χ2v) is 6.00. The van der Waals surface area contributed by atoms with Gasteiger partial charge in [0.05, 0.1) is 11.1 Å². The van der Waals surface area contributed by atoms with Crippen LogP contribution in [0.4, 0.5) is 0 Å². The van der Waals surface area contributed by atoms with E-state index in [2.05, 4.69) is 9.59 Å². The van der Waals surface area contributed by atoms with E-state index in [0.717, 1.165) is 37.8 Å². The van der Waals surface area contributed by atoms with Crippen molar-refractivity contribution in [1.82, 2.24) is 14.5 Å². The van der Waals surface area contributed by atoms with Crippen molar-refractivity contribution in [1.29, 1.82) is 0 Å². The number of alkyl halides is 1. The molecule has 0 N–H and O–H groups in total. The molecule has 4 nitrogen and oxygen atoms in total. The second-order valence-electron chi connectivity index (χ2n) is 4.69. The zero-order chi connectivity index (χ0) is 13.1. The molecular formula is C12H18ClN3OS. The van der Waals surface area contributed by atoms with Crippen LogP contribution < -0.4 is 0 Å². The highest BCUT2D eigenvalue weighted by atomic mass is 35.5. The summed E-state index contributed by atoms with van der Waals surface area (Å²) in [6.07, 6.45) is 5.03. The Morgan fingerprint density at radius 1 is 1.50 bits per heavy atom. The van der Waals surface area contributed by atoms with Gasteiger partial charge in [-0.25, -0.2) is 0 Å². The maximum Gasteiger partial charge on any atom is 0.267 e. The first kappa shape index (κ1) is 13.7. The quantitative estimate of drug-likeness (QED) is 0.803. The maximum atomic E-state index is 12.4. The molecule has 1 fully saturated rings. The number of hydrogen-bond acceptors (Lipinski definition) is 4. The topological polar surface area (TPSA) is 46.1 Å². The Morgan fingerprint density at radius 2 is 2.22 bits per heavy atom. The largest absolute Gasteiger partial charge is 0.336 e. The number of hydrogen-bond donors (Lipinski definition) is 0. The van der Waals surface area contributed by atoms with Gasteiger partial charge in [0.2, 0.25) is 0 Å². The number of amides is 1. The SMILES string of the molecule is CCc1nnsc1C(=O)N(C)C1CCCCC1Cl. The lowest BCUT2D eigenvalue weighted by Crippen LogP contribution is -2.44. The van der Waals surface area contributed by atoms with Crippen LogP contribution in [-0.4, -0.2) is 38.9 Å². The van der Waals surface area contributed by atoms with Gasteiger partial charge >= 0.3 is 0 Å². The summed E-state index contributed by atoms with van der Waals surface area (Å²) in [7, 11) is 1.84. The predicted octanol–water partition coefficient (Wildman–Crippen LogP) is 2.72. The van der Waals surface area contributed by atoms with Gasteiger partial charge in [-0.2, -0.15) is 0 Å². The number of halogens is 1. The van der Waals surface area contributed by atoms with Gasteiger partial charge in [-0.3, -0.25) is 4.79 Å². The summed E-state index contributed by atoms with van der Waals surface area (Å²) in [5, 5.41) is 4.06. The van der Waals surface area contributed by atoms with Crippen LogP contribution in [-0.2, 0) is 6.42 Å². The van der Waals surface area contributed by atoms with Crippen molar-refractivity contribution < 1.29 is 4.79 Å². The molecule has 100 valence electrons. The average Bonchev–Trinajstić information content (AvgIpc) is 2.86. The normalized spacial score (nSPS) is 23.9. The molecular weight excluding hydrogens is 270 g/mol. The minimum absolute atomic E-state index is 0.0133. The van der Waals surface area contributed by atoms with Crippen molar-refractivity contribution in [3.63, 3.8) is 0 Å². The van der Waals surface area contributed by atoms with Crippen molar-refractivity contribution in [2.24, 2.45) is 0 Å². The molecule has 2 unspecified atom stereocenters. The third kappa shape index (κ3) is 2.67. The van der Waals surface area contributed by atoms with Crippen LogP contribution in [0.25, 0.3) is 0 Å². The van der Waals surface area contributed by atoms with Gasteiger partial charge in [0.1, 0.15) is 4.88 Å². The minimum atomic E-state index is 0.0133. The van der Waals surface area contributed by atoms with E-state index in [1.54, 1.807) is 4.90 Å². The molecule has 1 aliphatic carbocycles. The molecule has 2 atom stereocenters. The fraction of sp³-hybridized carbons (Fsp3) is 0.750. The van der Waals surface area contributed by atoms with E-state index >= 15 is 0 Å². The second kappa shape index (κ2) is 5.97. The summed E-state index contributed by atoms with van der Waals surface area (Å²) < 4.78 is 3.87. The predicted molar refractivity (Wildman–Crippen MR) is 73.3 cm³/mol. The number of carbonyl (C=O) groups excluding carboxylic acids is 1. The zero-order valence-electron chi connectivity index (χ0n) is 10.7. The minimum Gasteiger partial charge on any atom is -0.336 e. The molecule has 1 aromatic heterocycles. The van der Waals surface area contributed by atoms with E-state index in [-0.39, 0.29) is 17.3 Å². The number of nitrogens with zero attached hydrogens (tertiary/aromatic N) is 3. The Hall–Kier alpha value is -0.680. The van der Waals surface area contributed by atoms with Crippen molar-refractivity contribution in [3.8, 4) is 0 Å². The van der Waals surface area contributed by atoms with Crippen LogP contribution in [0.15, 0.2) is 0 Å². The molecule has 0 saturated heterocycles. The lowest BCUT2D eigenvalue weighted by molar-refractivity contribution is 0.0704. The van der Waals surface area contributed by atoms with Crippen LogP contribution in [0.1, 0.15) is 48.0 Å². The van der Waals surface area contributed by atoms with Crippen molar-refractivity contribution in [2.75, 3.05) is 7.05 Å². The molecule has 1 amide bonds. The number of rotatable bonds is 3. The fourth-order valence-corrected chi connectivity index (χ4v) is 3.60. The van der Waals surface area contributed by atoms with Crippen LogP contribution in [0.2, 0.25) is 0 Å². The number of aromatic nitrogens is 2. The zero-order valence-corrected chi connectivity index (χ0v) is 12.3. The van der Waals surface area contributed by atoms with Gasteiger partial charge in [0, 0.05) is 13.1 Å². The monoisotopic (exact) mass is 287 g/mol. The van der Waals surface area contributed by atoms with Gasteiger partial charge < -0.3 is 4.90 Å². The molecule has 0 aliphatic heterocycles. The smallest absolute Gasteiger partial charge is 0.267 e. The fourth-order valence-electron chi connectivity index (χ4n) is 2.42. The van der Waals surface area contributed by atoms with E-state index in [9.17, 15) is 4.79 Å². The Balaban J connectivity index is 2.13. The molecule has 1 aromatic rings. The third-order valence-electron chi connectivity index (χ3n) is 3.55. The lowest BCUT2D eigenvalue weighted by atomic mass is 9.94. The molecule has 2 rings (SSSR count). The van der Waals surface area contributed by atoms with Gasteiger partial charge in [-0.15, -0.1) is 16.7 Å². The van der Waals surface area contributed by atoms with E-state index in [1.165, 1.54) is 11.5 Å². The summed E-state index contributed by atoms with van der Waals surface area (Å²) in [6.45, 7) is 1.98. The summed E-state index contributed by atoms with van der Waals surface area (Å²) in [4.78, 5) is 14.9. The van der Waals surface area contributed by atoms with E-state index < -0.39 is 0 Å². The molecule has 1 saturated carbocycles. The van der Waals surface area contributed by atoms with Gasteiger partial charge in [-0.05, 0) is 30.8 Å². The molecule has 0 radical (unpaired) electrons. The first-order valence-electron chi connectivity index (χ1n) is 6.37. The van der Waals surface area contributed by atoms with E-state index in [1.807, 2.05) is 14.0 Å². The average molecular weight is 288 g/mol. The molecule has 1 aliphatic rings. The van der Waals surface area contributed by atoms with E-state index in [0.29, 0.717) is 4.88 Å². The molecule has 0 spiro atoms. The molecule has 1 heterocycles. The summed E-state index contributed by atoms with van der Waals surface area (Å²) in [5.41, 5.74) is 0.791. The Bertz CT molecular complexity index is 423. The van der Waals surface area contributed by atoms with Crippen molar-refractivity contribution in [3.05, 3.63) is 10.6 Å². The Kier molecular flexibility index (Phi) is 4.56. The number of carbonyl (C=O) groups is 1. The first-order valence-corrected chi connectivity index (χ1v) is 7.58. The standard InChI is InChI=1S/C12H18ClN3OS/c1-3-9-11(18-15-14-9)12(17)16(2)10-7-5-4-6-8(10)13/h8,10H,3-7H2,1-2H3. The highest BCUT2D eigenvalue weighted by Crippen LogP contribution is 2.28. The van der Waals surface area contributed by atoms with Crippen LogP contribution >= 0.6 is 23.1 Å². The third-order valence-corrected chi connectivity index (χ3v) is 4.82. The lowest BCUT2D eigenvalue weighted by Gasteiger charge is -2.34. The maximum absolute atomic E-state index is 12.4. The molecule has 6 heteroatoms. The summed E-state index contributed by atoms with van der Waals surface area (Å²) in [6, 6.07) is 0.139. The first-order chi connectivity index (χ1) is 8.65. The van der Waals surface area contributed by atoms with Crippen molar-refractivity contribution >= 4 is 29.0 Å². The molecule has 0 aromatic carbocycles. The number of aryl methyl sites for hydroxylation is 1. The Labute approximate surface area is 116 Å². The van der Waals surface area contributed by atoms with Crippen LogP contribution in [0.5, 0.6) is 0 Å². The van der Waals surface area contributed by atoms with Crippen LogP contribution in [0, 0.1) is 0 Å². The summed E-state index contributed by atoms with van der Waals surface area (Å²) >= 11 is 7.52. The highest BCUT2D eigenvalue weighted by molar-refractivity contribution is 7.08. The van der Waals surface area contributed by atoms with Crippen molar-refractivity contribution in [2.45, 2.75) is 50.4 Å². The van der Waals surface area contributed by atoms with Crippen LogP contribution in [0.3, 0.4) is 0 Å². The highest BCUT2D eigenvalue weighted by Gasteiger charge is 2.31. The molecule has 18 heavy (non-hydrogen) atoms. The van der Waals surface area contributed by atoms with Gasteiger partial charge in [0.15, 0.2) is 0 Å². The van der Waals surface area contributed by atoms with E-state index in [4.69, 9.17) is 11.6 Å². The molecule has 0 bridgehead atoms. The van der Waals surface area contributed by atoms with Gasteiger partial charge in [0.25, 0.3) is 5.91 Å².